The first-order valence-corrected chi connectivity index (χ1v) is 6.78. The van der Waals surface area contributed by atoms with Gasteiger partial charge in [-0.3, -0.25) is 0 Å². The Bertz CT molecular complexity index is 345. The lowest BCUT2D eigenvalue weighted by Gasteiger charge is -2.59. The van der Waals surface area contributed by atoms with Crippen LogP contribution >= 0.6 is 0 Å². The van der Waals surface area contributed by atoms with Crippen LogP contribution in [0.4, 0.5) is 0 Å². The number of aliphatic hydroxyl groups is 2. The van der Waals surface area contributed by atoms with Crippen molar-refractivity contribution < 1.29 is 10.2 Å². The molecule has 0 bridgehead atoms. The molecule has 2 aliphatic rings. The topological polar surface area (TPSA) is 40.5 Å². The number of hydrogen-bond acceptors (Lipinski definition) is 2. The first-order valence-electron chi connectivity index (χ1n) is 6.78. The van der Waals surface area contributed by atoms with E-state index in [4.69, 9.17) is 0 Å². The van der Waals surface area contributed by atoms with Gasteiger partial charge in [0, 0.05) is 5.41 Å². The average Bonchev–Trinajstić information content (AvgIpc) is 2.24. The molecule has 2 rings (SSSR count). The second kappa shape index (κ2) is 3.83. The maximum atomic E-state index is 10.9. The fourth-order valence-electron chi connectivity index (χ4n) is 4.42. The van der Waals surface area contributed by atoms with Crippen molar-refractivity contribution in [1.29, 1.82) is 0 Å². The summed E-state index contributed by atoms with van der Waals surface area (Å²) >= 11 is 0. The molecular formula is C15H26O2. The van der Waals surface area contributed by atoms with Gasteiger partial charge >= 0.3 is 0 Å². The SMILES string of the molecule is CC1=CCC2C(C)(C)CCC[C@]2(C)[C@@]1(O)CO. The van der Waals surface area contributed by atoms with Crippen LogP contribution in [0.1, 0.15) is 53.4 Å². The van der Waals surface area contributed by atoms with Crippen LogP contribution < -0.4 is 0 Å². The smallest absolute Gasteiger partial charge is 0.114 e. The lowest BCUT2D eigenvalue weighted by atomic mass is 9.47. The molecule has 2 aliphatic carbocycles. The summed E-state index contributed by atoms with van der Waals surface area (Å²) < 4.78 is 0. The fourth-order valence-corrected chi connectivity index (χ4v) is 4.42. The number of allylic oxidation sites excluding steroid dienone is 1. The Morgan fingerprint density at radius 3 is 2.53 bits per heavy atom. The van der Waals surface area contributed by atoms with Gasteiger partial charge in [-0.1, -0.05) is 33.3 Å². The van der Waals surface area contributed by atoms with E-state index in [1.165, 1.54) is 6.42 Å². The minimum absolute atomic E-state index is 0.154. The molecule has 2 nitrogen and oxygen atoms in total. The van der Waals surface area contributed by atoms with Crippen molar-refractivity contribution in [2.45, 2.75) is 59.0 Å². The second-order valence-corrected chi connectivity index (χ2v) is 6.95. The number of fused-ring (bicyclic) bond motifs is 1. The summed E-state index contributed by atoms with van der Waals surface area (Å²) in [5.74, 6) is 0.463. The summed E-state index contributed by atoms with van der Waals surface area (Å²) in [4.78, 5) is 0. The molecule has 1 unspecified atom stereocenters. The van der Waals surface area contributed by atoms with Crippen LogP contribution in [0.25, 0.3) is 0 Å². The largest absolute Gasteiger partial charge is 0.393 e. The van der Waals surface area contributed by atoms with Gasteiger partial charge in [-0.15, -0.1) is 0 Å². The molecule has 0 aromatic rings. The van der Waals surface area contributed by atoms with Crippen LogP contribution in [0.5, 0.6) is 0 Å². The lowest BCUT2D eigenvalue weighted by molar-refractivity contribution is -0.160. The normalized spacial score (nSPS) is 45.1. The van der Waals surface area contributed by atoms with E-state index >= 15 is 0 Å². The summed E-state index contributed by atoms with van der Waals surface area (Å²) in [6.07, 6.45) is 6.56. The van der Waals surface area contributed by atoms with Crippen molar-refractivity contribution in [3.63, 3.8) is 0 Å². The predicted octanol–water partition coefficient (Wildman–Crippen LogP) is 2.89. The Labute approximate surface area is 105 Å². The third kappa shape index (κ3) is 1.61. The van der Waals surface area contributed by atoms with E-state index in [1.807, 2.05) is 6.92 Å². The molecular weight excluding hydrogens is 212 g/mol. The summed E-state index contributed by atoms with van der Waals surface area (Å²) in [5, 5.41) is 20.6. The third-order valence-electron chi connectivity index (χ3n) is 5.72. The van der Waals surface area contributed by atoms with Gasteiger partial charge < -0.3 is 10.2 Å². The van der Waals surface area contributed by atoms with Gasteiger partial charge in [0.25, 0.3) is 0 Å². The number of rotatable bonds is 1. The minimum atomic E-state index is -1.02. The van der Waals surface area contributed by atoms with E-state index in [9.17, 15) is 10.2 Å². The molecule has 0 aromatic carbocycles. The van der Waals surface area contributed by atoms with Crippen LogP contribution in [0.15, 0.2) is 11.6 Å². The maximum Gasteiger partial charge on any atom is 0.114 e. The highest BCUT2D eigenvalue weighted by molar-refractivity contribution is 5.27. The molecule has 0 aromatic heterocycles. The van der Waals surface area contributed by atoms with Gasteiger partial charge in [0.15, 0.2) is 0 Å². The molecule has 2 N–H and O–H groups in total. The average molecular weight is 238 g/mol. The van der Waals surface area contributed by atoms with Gasteiger partial charge in [0.2, 0.25) is 0 Å². The van der Waals surface area contributed by atoms with Crippen molar-refractivity contribution >= 4 is 0 Å². The zero-order chi connectivity index (χ0) is 12.9. The minimum Gasteiger partial charge on any atom is -0.393 e. The number of aliphatic hydroxyl groups excluding tert-OH is 1. The molecule has 0 amide bonds. The van der Waals surface area contributed by atoms with E-state index in [0.717, 1.165) is 24.8 Å². The van der Waals surface area contributed by atoms with E-state index in [2.05, 4.69) is 26.8 Å². The summed E-state index contributed by atoms with van der Waals surface area (Å²) in [6, 6.07) is 0. The Hall–Kier alpha value is -0.340. The first kappa shape index (κ1) is 13.1. The van der Waals surface area contributed by atoms with E-state index in [-0.39, 0.29) is 17.4 Å². The van der Waals surface area contributed by atoms with Crippen LogP contribution in [0, 0.1) is 16.7 Å². The molecule has 2 heteroatoms. The van der Waals surface area contributed by atoms with Crippen molar-refractivity contribution in [2.75, 3.05) is 6.61 Å². The number of hydrogen-bond donors (Lipinski definition) is 2. The Morgan fingerprint density at radius 2 is 1.94 bits per heavy atom. The highest BCUT2D eigenvalue weighted by atomic mass is 16.3. The molecule has 0 spiro atoms. The second-order valence-electron chi connectivity index (χ2n) is 6.95. The van der Waals surface area contributed by atoms with Gasteiger partial charge in [-0.25, -0.2) is 0 Å². The summed E-state index contributed by atoms with van der Waals surface area (Å²) in [5.41, 5.74) is 0.0139. The Kier molecular flexibility index (Phi) is 2.95. The van der Waals surface area contributed by atoms with Crippen LogP contribution in [0.3, 0.4) is 0 Å². The van der Waals surface area contributed by atoms with Gasteiger partial charge in [-0.2, -0.15) is 0 Å². The van der Waals surface area contributed by atoms with E-state index in [0.29, 0.717) is 5.92 Å². The molecule has 1 fully saturated rings. The maximum absolute atomic E-state index is 10.9. The molecule has 0 saturated heterocycles. The van der Waals surface area contributed by atoms with Crippen LogP contribution in [-0.2, 0) is 0 Å². The van der Waals surface area contributed by atoms with Crippen molar-refractivity contribution in [3.05, 3.63) is 11.6 Å². The van der Waals surface area contributed by atoms with Crippen molar-refractivity contribution in [2.24, 2.45) is 16.7 Å². The van der Waals surface area contributed by atoms with Crippen LogP contribution in [0.2, 0.25) is 0 Å². The highest BCUT2D eigenvalue weighted by Gasteiger charge is 2.58. The predicted molar refractivity (Wildman–Crippen MR) is 69.6 cm³/mol. The molecule has 98 valence electrons. The first-order chi connectivity index (χ1) is 7.78. The molecule has 17 heavy (non-hydrogen) atoms. The standard InChI is InChI=1S/C15H26O2/c1-11-6-7-12-13(2,3)8-5-9-14(12,4)15(11,17)10-16/h6,12,16-17H,5,7-10H2,1-4H3/t12?,14-,15+/m0/s1. The van der Waals surface area contributed by atoms with Crippen molar-refractivity contribution in [3.8, 4) is 0 Å². The summed E-state index contributed by atoms with van der Waals surface area (Å²) in [6.45, 7) is 8.59. The zero-order valence-electron chi connectivity index (χ0n) is 11.6. The van der Waals surface area contributed by atoms with E-state index in [1.54, 1.807) is 0 Å². The summed E-state index contributed by atoms with van der Waals surface area (Å²) in [7, 11) is 0. The molecule has 0 heterocycles. The molecule has 1 saturated carbocycles. The van der Waals surface area contributed by atoms with Gasteiger partial charge in [-0.05, 0) is 43.1 Å². The van der Waals surface area contributed by atoms with Gasteiger partial charge in [0.1, 0.15) is 5.60 Å². The molecule has 0 radical (unpaired) electrons. The molecule has 0 aliphatic heterocycles. The van der Waals surface area contributed by atoms with Crippen LogP contribution in [-0.4, -0.2) is 22.4 Å². The zero-order valence-corrected chi connectivity index (χ0v) is 11.6. The Balaban J connectivity index is 2.50. The third-order valence-corrected chi connectivity index (χ3v) is 5.72. The monoisotopic (exact) mass is 238 g/mol. The molecule has 3 atom stereocenters. The lowest BCUT2D eigenvalue weighted by Crippen LogP contribution is -2.60. The highest BCUT2D eigenvalue weighted by Crippen LogP contribution is 2.60. The van der Waals surface area contributed by atoms with Gasteiger partial charge in [0.05, 0.1) is 6.61 Å². The van der Waals surface area contributed by atoms with Crippen molar-refractivity contribution in [1.82, 2.24) is 0 Å². The fraction of sp³-hybridized carbons (Fsp3) is 0.867. The Morgan fingerprint density at radius 1 is 1.29 bits per heavy atom. The van der Waals surface area contributed by atoms with E-state index < -0.39 is 5.60 Å². The quantitative estimate of drug-likeness (QED) is 0.690.